The summed E-state index contributed by atoms with van der Waals surface area (Å²) in [6, 6.07) is 0. The molecule has 0 radical (unpaired) electrons. The number of aryl methyl sites for hydroxylation is 1. The van der Waals surface area contributed by atoms with Gasteiger partial charge in [0.25, 0.3) is 0 Å². The number of carboxylic acids is 1. The van der Waals surface area contributed by atoms with Crippen LogP contribution >= 0.6 is 0 Å². The number of hydrogen-bond acceptors (Lipinski definition) is 5. The van der Waals surface area contributed by atoms with Crippen molar-refractivity contribution in [2.24, 2.45) is 0 Å². The highest BCUT2D eigenvalue weighted by molar-refractivity contribution is 5.78. The Morgan fingerprint density at radius 3 is 2.86 bits per heavy atom. The molecule has 2 rings (SSSR count). The van der Waals surface area contributed by atoms with Crippen LogP contribution in [0.2, 0.25) is 0 Å². The molecule has 1 aromatic rings. The van der Waals surface area contributed by atoms with Crippen LogP contribution in [-0.2, 0) is 11.3 Å². The van der Waals surface area contributed by atoms with Crippen molar-refractivity contribution in [3.05, 3.63) is 22.1 Å². The van der Waals surface area contributed by atoms with Crippen molar-refractivity contribution in [1.29, 1.82) is 0 Å². The predicted octanol–water partition coefficient (Wildman–Crippen LogP) is 1.43. The van der Waals surface area contributed by atoms with Gasteiger partial charge in [-0.3, -0.25) is 9.69 Å². The molecule has 0 aliphatic carbocycles. The largest absolute Gasteiger partial charge is 0.480 e. The molecule has 0 amide bonds. The number of carbonyl (C=O) groups is 1. The van der Waals surface area contributed by atoms with Crippen LogP contribution in [0, 0.1) is 17.0 Å². The van der Waals surface area contributed by atoms with Crippen molar-refractivity contribution in [2.45, 2.75) is 45.2 Å². The lowest BCUT2D eigenvalue weighted by atomic mass is 9.88. The van der Waals surface area contributed by atoms with E-state index in [1.54, 1.807) is 13.8 Å². The Bertz CT molecular complexity index is 556. The van der Waals surface area contributed by atoms with E-state index < -0.39 is 16.4 Å². The first-order valence-corrected chi connectivity index (χ1v) is 7.01. The number of aliphatic carboxylic acids is 1. The Hall–Kier alpha value is -1.96. The molecule has 1 unspecified atom stereocenters. The van der Waals surface area contributed by atoms with Crippen molar-refractivity contribution < 1.29 is 14.8 Å². The van der Waals surface area contributed by atoms with Crippen LogP contribution in [0.3, 0.4) is 0 Å². The van der Waals surface area contributed by atoms with Gasteiger partial charge in [-0.15, -0.1) is 0 Å². The third-order valence-electron chi connectivity index (χ3n) is 4.31. The molecular weight excluding hydrogens is 276 g/mol. The second-order valence-electron chi connectivity index (χ2n) is 5.60. The average Bonchev–Trinajstić information content (AvgIpc) is 2.79. The molecule has 8 heteroatoms. The maximum absolute atomic E-state index is 11.5. The van der Waals surface area contributed by atoms with Crippen molar-refractivity contribution in [1.82, 2.24) is 14.5 Å². The summed E-state index contributed by atoms with van der Waals surface area (Å²) in [5, 5.41) is 20.4. The standard InChI is InChI=1S/C13H20N4O4/c1-10-14-9-11(17(20)21)16(10)8-7-15-6-4-3-5-13(15,2)12(18)19/h9H,3-8H2,1-2H3,(H,18,19). The fourth-order valence-electron chi connectivity index (χ4n) is 2.88. The number of carboxylic acid groups (broad SMARTS) is 1. The zero-order chi connectivity index (χ0) is 15.6. The SMILES string of the molecule is Cc1ncc([N+](=O)[O-])n1CCN1CCCCC1(C)C(=O)O. The smallest absolute Gasteiger partial charge is 0.342 e. The molecule has 0 saturated carbocycles. The van der Waals surface area contributed by atoms with Crippen LogP contribution in [0.5, 0.6) is 0 Å². The van der Waals surface area contributed by atoms with E-state index in [-0.39, 0.29) is 5.82 Å². The summed E-state index contributed by atoms with van der Waals surface area (Å²) in [5.74, 6) is -0.323. The maximum atomic E-state index is 11.5. The van der Waals surface area contributed by atoms with E-state index in [9.17, 15) is 20.0 Å². The molecule has 0 spiro atoms. The molecule has 1 atom stereocenters. The summed E-state index contributed by atoms with van der Waals surface area (Å²) in [7, 11) is 0. The lowest BCUT2D eigenvalue weighted by Gasteiger charge is -2.41. The zero-order valence-electron chi connectivity index (χ0n) is 12.3. The molecule has 1 aromatic heterocycles. The lowest BCUT2D eigenvalue weighted by Crippen LogP contribution is -2.55. The van der Waals surface area contributed by atoms with E-state index in [1.807, 2.05) is 4.90 Å². The summed E-state index contributed by atoms with van der Waals surface area (Å²) < 4.78 is 1.52. The third-order valence-corrected chi connectivity index (χ3v) is 4.31. The number of piperidine rings is 1. The van der Waals surface area contributed by atoms with Gasteiger partial charge in [-0.1, -0.05) is 0 Å². The second kappa shape index (κ2) is 5.80. The maximum Gasteiger partial charge on any atom is 0.342 e. The Balaban J connectivity index is 2.13. The zero-order valence-corrected chi connectivity index (χ0v) is 12.3. The van der Waals surface area contributed by atoms with Gasteiger partial charge in [0.15, 0.2) is 5.82 Å². The van der Waals surface area contributed by atoms with Crippen LogP contribution in [0.15, 0.2) is 6.20 Å². The van der Waals surface area contributed by atoms with E-state index in [4.69, 9.17) is 0 Å². The Morgan fingerprint density at radius 1 is 1.52 bits per heavy atom. The van der Waals surface area contributed by atoms with Gasteiger partial charge < -0.3 is 15.2 Å². The van der Waals surface area contributed by atoms with Crippen LogP contribution in [0.4, 0.5) is 5.82 Å². The monoisotopic (exact) mass is 296 g/mol. The number of rotatable bonds is 5. The van der Waals surface area contributed by atoms with E-state index in [0.29, 0.717) is 31.9 Å². The van der Waals surface area contributed by atoms with E-state index in [1.165, 1.54) is 10.8 Å². The molecule has 1 fully saturated rings. The quantitative estimate of drug-likeness (QED) is 0.651. The Labute approximate surface area is 122 Å². The van der Waals surface area contributed by atoms with Gasteiger partial charge >= 0.3 is 11.8 Å². The number of likely N-dealkylation sites (tertiary alicyclic amines) is 1. The van der Waals surface area contributed by atoms with Crippen LogP contribution < -0.4 is 0 Å². The van der Waals surface area contributed by atoms with Gasteiger partial charge in [0.1, 0.15) is 18.3 Å². The van der Waals surface area contributed by atoms with Gasteiger partial charge in [-0.2, -0.15) is 0 Å². The van der Waals surface area contributed by atoms with Crippen molar-refractivity contribution in [3.63, 3.8) is 0 Å². The van der Waals surface area contributed by atoms with Crippen molar-refractivity contribution >= 4 is 11.8 Å². The van der Waals surface area contributed by atoms with E-state index in [2.05, 4.69) is 4.98 Å². The summed E-state index contributed by atoms with van der Waals surface area (Å²) >= 11 is 0. The number of imidazole rings is 1. The number of aromatic nitrogens is 2. The van der Waals surface area contributed by atoms with E-state index >= 15 is 0 Å². The van der Waals surface area contributed by atoms with Gasteiger partial charge in [0.05, 0.1) is 0 Å². The molecule has 1 N–H and O–H groups in total. The van der Waals surface area contributed by atoms with Crippen LogP contribution in [-0.4, -0.2) is 49.1 Å². The van der Waals surface area contributed by atoms with Gasteiger partial charge in [-0.05, 0) is 37.7 Å². The molecule has 8 nitrogen and oxygen atoms in total. The number of nitrogens with zero attached hydrogens (tertiary/aromatic N) is 4. The first kappa shape index (κ1) is 15.4. The number of hydrogen-bond donors (Lipinski definition) is 1. The fraction of sp³-hybridized carbons (Fsp3) is 0.692. The summed E-state index contributed by atoms with van der Waals surface area (Å²) in [5.41, 5.74) is -0.887. The normalized spacial score (nSPS) is 23.1. The fourth-order valence-corrected chi connectivity index (χ4v) is 2.88. The average molecular weight is 296 g/mol. The molecule has 1 aliphatic rings. The van der Waals surface area contributed by atoms with Crippen LogP contribution in [0.1, 0.15) is 32.0 Å². The molecule has 0 aromatic carbocycles. The minimum Gasteiger partial charge on any atom is -0.480 e. The minimum atomic E-state index is -0.887. The lowest BCUT2D eigenvalue weighted by molar-refractivity contribution is -0.392. The third kappa shape index (κ3) is 2.90. The van der Waals surface area contributed by atoms with Crippen molar-refractivity contribution in [2.75, 3.05) is 13.1 Å². The van der Waals surface area contributed by atoms with Crippen LogP contribution in [0.25, 0.3) is 0 Å². The topological polar surface area (TPSA) is 102 Å². The molecule has 21 heavy (non-hydrogen) atoms. The number of nitro groups is 1. The first-order valence-electron chi connectivity index (χ1n) is 7.01. The molecule has 1 saturated heterocycles. The molecule has 116 valence electrons. The molecule has 2 heterocycles. The molecule has 1 aliphatic heterocycles. The highest BCUT2D eigenvalue weighted by Crippen LogP contribution is 2.28. The second-order valence-corrected chi connectivity index (χ2v) is 5.60. The minimum absolute atomic E-state index is 0.0541. The van der Waals surface area contributed by atoms with Gasteiger partial charge in [0.2, 0.25) is 0 Å². The van der Waals surface area contributed by atoms with Gasteiger partial charge in [-0.25, -0.2) is 9.55 Å². The molecular formula is C13H20N4O4. The summed E-state index contributed by atoms with van der Waals surface area (Å²) in [6.07, 6.45) is 3.69. The van der Waals surface area contributed by atoms with Gasteiger partial charge in [0, 0.05) is 13.5 Å². The Kier molecular flexibility index (Phi) is 4.26. The Morgan fingerprint density at radius 2 is 2.24 bits per heavy atom. The highest BCUT2D eigenvalue weighted by Gasteiger charge is 2.41. The summed E-state index contributed by atoms with van der Waals surface area (Å²) in [4.78, 5) is 27.9. The summed E-state index contributed by atoms with van der Waals surface area (Å²) in [6.45, 7) is 4.96. The predicted molar refractivity (Wildman–Crippen MR) is 75.1 cm³/mol. The highest BCUT2D eigenvalue weighted by atomic mass is 16.6. The van der Waals surface area contributed by atoms with E-state index in [0.717, 1.165) is 12.8 Å². The van der Waals surface area contributed by atoms with Crippen molar-refractivity contribution in [3.8, 4) is 0 Å². The first-order chi connectivity index (χ1) is 9.86. The molecule has 0 bridgehead atoms.